The quantitative estimate of drug-likeness (QED) is 0.783. The summed E-state index contributed by atoms with van der Waals surface area (Å²) in [7, 11) is 0. The van der Waals surface area contributed by atoms with Gasteiger partial charge in [-0.2, -0.15) is 0 Å². The SMILES string of the molecule is CCC1CC(CCc2ccccc2)c2nc(C=O)nn21. The number of nitrogens with zero attached hydrogens (tertiary/aromatic N) is 3. The Bertz CT molecular complexity index is 591. The van der Waals surface area contributed by atoms with E-state index in [1.54, 1.807) is 0 Å². The molecule has 2 atom stereocenters. The summed E-state index contributed by atoms with van der Waals surface area (Å²) < 4.78 is 1.97. The van der Waals surface area contributed by atoms with Crippen LogP contribution in [0.15, 0.2) is 30.3 Å². The fourth-order valence-electron chi connectivity index (χ4n) is 3.06. The highest BCUT2D eigenvalue weighted by Gasteiger charge is 2.32. The molecule has 2 heterocycles. The first-order chi connectivity index (χ1) is 9.81. The Morgan fingerprint density at radius 2 is 2.15 bits per heavy atom. The van der Waals surface area contributed by atoms with Crippen LogP contribution in [0.25, 0.3) is 0 Å². The third-order valence-electron chi connectivity index (χ3n) is 4.14. The number of rotatable bonds is 5. The molecule has 1 aromatic carbocycles. The van der Waals surface area contributed by atoms with Crippen LogP contribution >= 0.6 is 0 Å². The Kier molecular flexibility index (Phi) is 3.63. The molecule has 1 aliphatic rings. The van der Waals surface area contributed by atoms with Gasteiger partial charge in [-0.3, -0.25) is 4.79 Å². The molecule has 104 valence electrons. The van der Waals surface area contributed by atoms with Gasteiger partial charge in [0.25, 0.3) is 0 Å². The molecule has 0 saturated carbocycles. The smallest absolute Gasteiger partial charge is 0.214 e. The van der Waals surface area contributed by atoms with Crippen molar-refractivity contribution in [1.82, 2.24) is 14.8 Å². The second-order valence-electron chi connectivity index (χ2n) is 5.41. The largest absolute Gasteiger partial charge is 0.294 e. The Morgan fingerprint density at radius 3 is 2.85 bits per heavy atom. The summed E-state index contributed by atoms with van der Waals surface area (Å²) in [5.41, 5.74) is 1.36. The molecule has 4 nitrogen and oxygen atoms in total. The molecule has 0 amide bonds. The fraction of sp³-hybridized carbons (Fsp3) is 0.438. The lowest BCUT2D eigenvalue weighted by Crippen LogP contribution is -2.04. The second kappa shape index (κ2) is 5.57. The van der Waals surface area contributed by atoms with E-state index in [9.17, 15) is 4.79 Å². The zero-order valence-electron chi connectivity index (χ0n) is 11.7. The van der Waals surface area contributed by atoms with E-state index >= 15 is 0 Å². The molecular formula is C16H19N3O. The minimum atomic E-state index is 0.322. The third-order valence-corrected chi connectivity index (χ3v) is 4.14. The summed E-state index contributed by atoms with van der Waals surface area (Å²) in [6.45, 7) is 2.16. The highest BCUT2D eigenvalue weighted by atomic mass is 16.1. The number of aryl methyl sites for hydroxylation is 1. The molecule has 0 bridgehead atoms. The molecule has 0 spiro atoms. The van der Waals surface area contributed by atoms with E-state index in [2.05, 4.69) is 41.3 Å². The summed E-state index contributed by atoms with van der Waals surface area (Å²) in [6.07, 6.45) is 4.99. The predicted molar refractivity (Wildman–Crippen MR) is 76.9 cm³/mol. The number of benzene rings is 1. The van der Waals surface area contributed by atoms with Crippen molar-refractivity contribution in [2.24, 2.45) is 0 Å². The van der Waals surface area contributed by atoms with E-state index < -0.39 is 0 Å². The van der Waals surface area contributed by atoms with Gasteiger partial charge >= 0.3 is 0 Å². The Labute approximate surface area is 118 Å². The maximum atomic E-state index is 10.9. The summed E-state index contributed by atoms with van der Waals surface area (Å²) >= 11 is 0. The van der Waals surface area contributed by atoms with Gasteiger partial charge in [0, 0.05) is 5.92 Å². The van der Waals surface area contributed by atoms with E-state index in [0.717, 1.165) is 37.8 Å². The average molecular weight is 269 g/mol. The number of hydrogen-bond donors (Lipinski definition) is 0. The van der Waals surface area contributed by atoms with Crippen molar-refractivity contribution in [3.63, 3.8) is 0 Å². The van der Waals surface area contributed by atoms with Crippen LogP contribution in [0.1, 0.15) is 60.2 Å². The zero-order chi connectivity index (χ0) is 13.9. The molecule has 20 heavy (non-hydrogen) atoms. The molecule has 0 N–H and O–H groups in total. The Hall–Kier alpha value is -1.97. The molecule has 2 unspecified atom stereocenters. The monoisotopic (exact) mass is 269 g/mol. The van der Waals surface area contributed by atoms with Crippen LogP contribution in [0.2, 0.25) is 0 Å². The maximum Gasteiger partial charge on any atom is 0.214 e. The van der Waals surface area contributed by atoms with Gasteiger partial charge < -0.3 is 0 Å². The van der Waals surface area contributed by atoms with Crippen LogP contribution in [-0.4, -0.2) is 21.1 Å². The molecule has 3 rings (SSSR count). The second-order valence-corrected chi connectivity index (χ2v) is 5.41. The standard InChI is InChI=1S/C16H19N3O/c1-2-14-10-13(9-8-12-6-4-3-5-7-12)16-17-15(11-20)18-19(14)16/h3-7,11,13-14H,2,8-10H2,1H3. The highest BCUT2D eigenvalue weighted by Crippen LogP contribution is 2.38. The van der Waals surface area contributed by atoms with E-state index in [4.69, 9.17) is 0 Å². The average Bonchev–Trinajstić information content (AvgIpc) is 3.05. The Balaban J connectivity index is 1.75. The predicted octanol–water partition coefficient (Wildman–Crippen LogP) is 3.16. The molecule has 0 saturated heterocycles. The first kappa shape index (κ1) is 13.0. The van der Waals surface area contributed by atoms with E-state index in [1.807, 2.05) is 10.7 Å². The summed E-state index contributed by atoms with van der Waals surface area (Å²) in [4.78, 5) is 15.2. The molecule has 0 aliphatic carbocycles. The van der Waals surface area contributed by atoms with Crippen molar-refractivity contribution >= 4 is 6.29 Å². The summed E-state index contributed by atoms with van der Waals surface area (Å²) in [5.74, 6) is 1.74. The lowest BCUT2D eigenvalue weighted by molar-refractivity contribution is 0.111. The van der Waals surface area contributed by atoms with Crippen molar-refractivity contribution in [2.45, 2.75) is 44.6 Å². The number of carbonyl (C=O) groups excluding carboxylic acids is 1. The topological polar surface area (TPSA) is 47.8 Å². The number of hydrogen-bond acceptors (Lipinski definition) is 3. The van der Waals surface area contributed by atoms with Gasteiger partial charge in [0.1, 0.15) is 5.82 Å². The van der Waals surface area contributed by atoms with Gasteiger partial charge in [-0.25, -0.2) is 9.67 Å². The normalized spacial score (nSPS) is 20.9. The Morgan fingerprint density at radius 1 is 1.35 bits per heavy atom. The van der Waals surface area contributed by atoms with Crippen LogP contribution in [0.3, 0.4) is 0 Å². The number of aromatic nitrogens is 3. The minimum Gasteiger partial charge on any atom is -0.294 e. The molecule has 0 radical (unpaired) electrons. The van der Waals surface area contributed by atoms with E-state index in [0.29, 0.717) is 17.8 Å². The van der Waals surface area contributed by atoms with Gasteiger partial charge in [0.05, 0.1) is 6.04 Å². The first-order valence-electron chi connectivity index (χ1n) is 7.27. The molecule has 4 heteroatoms. The number of fused-ring (bicyclic) bond motifs is 1. The maximum absolute atomic E-state index is 10.9. The van der Waals surface area contributed by atoms with Gasteiger partial charge in [-0.15, -0.1) is 5.10 Å². The van der Waals surface area contributed by atoms with Crippen molar-refractivity contribution < 1.29 is 4.79 Å². The first-order valence-corrected chi connectivity index (χ1v) is 7.27. The molecule has 0 fully saturated rings. The van der Waals surface area contributed by atoms with Crippen molar-refractivity contribution in [3.05, 3.63) is 47.5 Å². The van der Waals surface area contributed by atoms with Crippen LogP contribution in [0.4, 0.5) is 0 Å². The van der Waals surface area contributed by atoms with Gasteiger partial charge in [-0.05, 0) is 31.2 Å². The minimum absolute atomic E-state index is 0.322. The third kappa shape index (κ3) is 2.38. The molecule has 2 aromatic rings. The fourth-order valence-corrected chi connectivity index (χ4v) is 3.06. The van der Waals surface area contributed by atoms with E-state index in [1.165, 1.54) is 5.56 Å². The van der Waals surface area contributed by atoms with Gasteiger partial charge in [-0.1, -0.05) is 37.3 Å². The van der Waals surface area contributed by atoms with E-state index in [-0.39, 0.29) is 0 Å². The number of aldehydes is 1. The molecule has 1 aliphatic heterocycles. The van der Waals surface area contributed by atoms with Crippen LogP contribution in [0, 0.1) is 0 Å². The van der Waals surface area contributed by atoms with Crippen LogP contribution in [0.5, 0.6) is 0 Å². The zero-order valence-corrected chi connectivity index (χ0v) is 11.7. The van der Waals surface area contributed by atoms with Gasteiger partial charge in [0.15, 0.2) is 6.29 Å². The molecule has 1 aromatic heterocycles. The van der Waals surface area contributed by atoms with Gasteiger partial charge in [0.2, 0.25) is 5.82 Å². The number of carbonyl (C=O) groups is 1. The summed E-state index contributed by atoms with van der Waals surface area (Å²) in [5, 5.41) is 4.30. The van der Waals surface area contributed by atoms with Crippen LogP contribution < -0.4 is 0 Å². The van der Waals surface area contributed by atoms with Crippen molar-refractivity contribution in [2.75, 3.05) is 0 Å². The van der Waals surface area contributed by atoms with Crippen molar-refractivity contribution in [3.8, 4) is 0 Å². The highest BCUT2D eigenvalue weighted by molar-refractivity contribution is 5.68. The van der Waals surface area contributed by atoms with Crippen molar-refractivity contribution in [1.29, 1.82) is 0 Å². The lowest BCUT2D eigenvalue weighted by atomic mass is 9.95. The molecular weight excluding hydrogens is 250 g/mol. The lowest BCUT2D eigenvalue weighted by Gasteiger charge is -2.09. The summed E-state index contributed by atoms with van der Waals surface area (Å²) in [6, 6.07) is 10.9. The van der Waals surface area contributed by atoms with Crippen LogP contribution in [-0.2, 0) is 6.42 Å².